The highest BCUT2D eigenvalue weighted by Gasteiger charge is 2.24. The molecule has 1 atom stereocenters. The molecule has 1 aromatic carbocycles. The van der Waals surface area contributed by atoms with Gasteiger partial charge in [-0.25, -0.2) is 0 Å². The number of anilines is 1. The van der Waals surface area contributed by atoms with Crippen molar-refractivity contribution < 1.29 is 4.74 Å². The van der Waals surface area contributed by atoms with Gasteiger partial charge in [0.2, 0.25) is 0 Å². The van der Waals surface area contributed by atoms with E-state index in [9.17, 15) is 0 Å². The third-order valence-electron chi connectivity index (χ3n) is 3.84. The summed E-state index contributed by atoms with van der Waals surface area (Å²) in [6.45, 7) is 4.24. The van der Waals surface area contributed by atoms with Crippen LogP contribution in [0, 0.1) is 0 Å². The molecule has 2 rings (SSSR count). The highest BCUT2D eigenvalue weighted by atomic mass is 16.5. The second-order valence-electron chi connectivity index (χ2n) is 5.83. The van der Waals surface area contributed by atoms with Crippen LogP contribution in [-0.2, 0) is 0 Å². The highest BCUT2D eigenvalue weighted by molar-refractivity contribution is 5.51. The van der Waals surface area contributed by atoms with Gasteiger partial charge >= 0.3 is 0 Å². The molecule has 0 amide bonds. The van der Waals surface area contributed by atoms with Crippen LogP contribution >= 0.6 is 0 Å². The molecule has 0 aliphatic carbocycles. The van der Waals surface area contributed by atoms with Crippen molar-refractivity contribution in [2.24, 2.45) is 0 Å². The summed E-state index contributed by atoms with van der Waals surface area (Å²) >= 11 is 0. The fourth-order valence-electron chi connectivity index (χ4n) is 2.88. The van der Waals surface area contributed by atoms with Crippen LogP contribution in [-0.4, -0.2) is 56.2 Å². The molecular weight excluding hydrogens is 250 g/mol. The second-order valence-corrected chi connectivity index (χ2v) is 5.83. The summed E-state index contributed by atoms with van der Waals surface area (Å²) in [7, 11) is 4.30. The minimum Gasteiger partial charge on any atom is -0.491 e. The van der Waals surface area contributed by atoms with E-state index in [1.54, 1.807) is 0 Å². The molecule has 4 nitrogen and oxygen atoms in total. The number of hydrogen-bond donors (Lipinski definition) is 1. The van der Waals surface area contributed by atoms with Crippen LogP contribution in [0.5, 0.6) is 5.75 Å². The average Bonchev–Trinajstić information content (AvgIpc) is 2.83. The first-order valence-corrected chi connectivity index (χ1v) is 7.53. The van der Waals surface area contributed by atoms with E-state index in [4.69, 9.17) is 10.5 Å². The van der Waals surface area contributed by atoms with Crippen molar-refractivity contribution >= 4 is 5.69 Å². The topological polar surface area (TPSA) is 41.7 Å². The predicted octanol–water partition coefficient (Wildman–Crippen LogP) is 2.06. The van der Waals surface area contributed by atoms with Crippen LogP contribution in [0.1, 0.15) is 19.3 Å². The molecule has 1 aliphatic rings. The van der Waals surface area contributed by atoms with Crippen LogP contribution in [0.4, 0.5) is 5.69 Å². The monoisotopic (exact) mass is 277 g/mol. The standard InChI is InChI=1S/C16H27N3O/c1-18(2)13-14-7-5-10-19(14)11-6-12-20-16-9-4-3-8-15(16)17/h3-4,8-9,14H,5-7,10-13,17H2,1-2H3. The minimum absolute atomic E-state index is 0.715. The molecule has 1 fully saturated rings. The first-order valence-electron chi connectivity index (χ1n) is 7.53. The van der Waals surface area contributed by atoms with Crippen LogP contribution < -0.4 is 10.5 Å². The van der Waals surface area contributed by atoms with E-state index < -0.39 is 0 Å². The Morgan fingerprint density at radius 2 is 2.15 bits per heavy atom. The molecule has 0 saturated carbocycles. The van der Waals surface area contributed by atoms with Crippen molar-refractivity contribution in [1.82, 2.24) is 9.80 Å². The Bertz CT molecular complexity index is 408. The predicted molar refractivity (Wildman–Crippen MR) is 84.1 cm³/mol. The molecule has 1 unspecified atom stereocenters. The number of nitrogen functional groups attached to an aromatic ring is 1. The lowest BCUT2D eigenvalue weighted by atomic mass is 10.2. The normalized spacial score (nSPS) is 19.6. The van der Waals surface area contributed by atoms with E-state index in [1.165, 1.54) is 19.4 Å². The van der Waals surface area contributed by atoms with E-state index in [1.807, 2.05) is 24.3 Å². The van der Waals surface area contributed by atoms with Gasteiger partial charge in [0, 0.05) is 19.1 Å². The first kappa shape index (κ1) is 15.1. The van der Waals surface area contributed by atoms with Crippen molar-refractivity contribution in [3.63, 3.8) is 0 Å². The summed E-state index contributed by atoms with van der Waals surface area (Å²) in [5, 5.41) is 0. The maximum absolute atomic E-state index is 5.86. The minimum atomic E-state index is 0.715. The SMILES string of the molecule is CN(C)CC1CCCN1CCCOc1ccccc1N. The molecule has 4 heteroatoms. The third kappa shape index (κ3) is 4.39. The molecule has 112 valence electrons. The van der Waals surface area contributed by atoms with Crippen molar-refractivity contribution in [1.29, 1.82) is 0 Å². The van der Waals surface area contributed by atoms with Gasteiger partial charge in [0.25, 0.3) is 0 Å². The Hall–Kier alpha value is -1.26. The lowest BCUT2D eigenvalue weighted by molar-refractivity contribution is 0.191. The number of nitrogens with zero attached hydrogens (tertiary/aromatic N) is 2. The molecule has 1 saturated heterocycles. The number of nitrogens with two attached hydrogens (primary N) is 1. The van der Waals surface area contributed by atoms with Gasteiger partial charge in [0.05, 0.1) is 12.3 Å². The second kappa shape index (κ2) is 7.50. The first-order chi connectivity index (χ1) is 9.66. The smallest absolute Gasteiger partial charge is 0.142 e. The van der Waals surface area contributed by atoms with E-state index in [0.717, 1.165) is 37.6 Å². The number of benzene rings is 1. The van der Waals surface area contributed by atoms with Gasteiger partial charge in [0.15, 0.2) is 0 Å². The fourth-order valence-corrected chi connectivity index (χ4v) is 2.88. The number of likely N-dealkylation sites (N-methyl/N-ethyl adjacent to an activating group) is 1. The quantitative estimate of drug-likeness (QED) is 0.612. The summed E-state index contributed by atoms with van der Waals surface area (Å²) in [6.07, 6.45) is 3.70. The number of para-hydroxylation sites is 2. The largest absolute Gasteiger partial charge is 0.491 e. The zero-order chi connectivity index (χ0) is 14.4. The lowest BCUT2D eigenvalue weighted by Gasteiger charge is -2.26. The Morgan fingerprint density at radius 1 is 1.35 bits per heavy atom. The van der Waals surface area contributed by atoms with E-state index in [0.29, 0.717) is 6.04 Å². The highest BCUT2D eigenvalue weighted by Crippen LogP contribution is 2.21. The summed E-state index contributed by atoms with van der Waals surface area (Å²) in [6, 6.07) is 8.41. The summed E-state index contributed by atoms with van der Waals surface area (Å²) < 4.78 is 5.75. The Labute approximate surface area is 122 Å². The van der Waals surface area contributed by atoms with Gasteiger partial charge in [0.1, 0.15) is 5.75 Å². The van der Waals surface area contributed by atoms with Gasteiger partial charge < -0.3 is 15.4 Å². The average molecular weight is 277 g/mol. The fraction of sp³-hybridized carbons (Fsp3) is 0.625. The van der Waals surface area contributed by atoms with Crippen molar-refractivity contribution in [3.05, 3.63) is 24.3 Å². The number of ether oxygens (including phenoxy) is 1. The molecule has 2 N–H and O–H groups in total. The van der Waals surface area contributed by atoms with E-state index in [-0.39, 0.29) is 0 Å². The van der Waals surface area contributed by atoms with Gasteiger partial charge in [-0.05, 0) is 52.0 Å². The molecule has 1 aromatic rings. The summed E-state index contributed by atoms with van der Waals surface area (Å²) in [4.78, 5) is 4.88. The van der Waals surface area contributed by atoms with E-state index in [2.05, 4.69) is 23.9 Å². The molecule has 20 heavy (non-hydrogen) atoms. The Morgan fingerprint density at radius 3 is 2.90 bits per heavy atom. The molecular formula is C16H27N3O. The van der Waals surface area contributed by atoms with Crippen molar-refractivity contribution in [2.75, 3.05) is 46.1 Å². The maximum Gasteiger partial charge on any atom is 0.142 e. The maximum atomic E-state index is 5.86. The molecule has 0 radical (unpaired) electrons. The zero-order valence-electron chi connectivity index (χ0n) is 12.7. The number of rotatable bonds is 7. The summed E-state index contributed by atoms with van der Waals surface area (Å²) in [5.41, 5.74) is 6.58. The number of hydrogen-bond acceptors (Lipinski definition) is 4. The van der Waals surface area contributed by atoms with Crippen molar-refractivity contribution in [3.8, 4) is 5.75 Å². The summed E-state index contributed by atoms with van der Waals surface area (Å²) in [5.74, 6) is 0.804. The Kier molecular flexibility index (Phi) is 5.68. The van der Waals surface area contributed by atoms with Crippen LogP contribution in [0.15, 0.2) is 24.3 Å². The Balaban J connectivity index is 1.69. The molecule has 0 bridgehead atoms. The van der Waals surface area contributed by atoms with Gasteiger partial charge in [-0.15, -0.1) is 0 Å². The third-order valence-corrected chi connectivity index (χ3v) is 3.84. The number of likely N-dealkylation sites (tertiary alicyclic amines) is 1. The lowest BCUT2D eigenvalue weighted by Crippen LogP contribution is -2.38. The van der Waals surface area contributed by atoms with E-state index >= 15 is 0 Å². The van der Waals surface area contributed by atoms with Gasteiger partial charge in [-0.3, -0.25) is 4.90 Å². The zero-order valence-corrected chi connectivity index (χ0v) is 12.7. The molecule has 1 heterocycles. The van der Waals surface area contributed by atoms with Gasteiger partial charge in [-0.2, -0.15) is 0 Å². The van der Waals surface area contributed by atoms with Crippen LogP contribution in [0.2, 0.25) is 0 Å². The molecule has 0 spiro atoms. The van der Waals surface area contributed by atoms with Gasteiger partial charge in [-0.1, -0.05) is 12.1 Å². The molecule has 1 aliphatic heterocycles. The molecule has 0 aromatic heterocycles. The van der Waals surface area contributed by atoms with Crippen molar-refractivity contribution in [2.45, 2.75) is 25.3 Å². The van der Waals surface area contributed by atoms with Crippen LogP contribution in [0.3, 0.4) is 0 Å². The van der Waals surface area contributed by atoms with Crippen LogP contribution in [0.25, 0.3) is 0 Å².